The molecule has 3 aromatic rings. The Labute approximate surface area is 157 Å². The fourth-order valence-corrected chi connectivity index (χ4v) is 3.92. The van der Waals surface area contributed by atoms with E-state index in [4.69, 9.17) is 9.15 Å². The van der Waals surface area contributed by atoms with Crippen molar-refractivity contribution in [2.24, 2.45) is 0 Å². The Hall–Kier alpha value is -2.63. The third-order valence-electron chi connectivity index (χ3n) is 4.95. The molecule has 2 atom stereocenters. The SMILES string of the molecule is C[C@H]1CN(Cc2c(O)ccc3c(-c4ccccc4)cc(=O)oc23)C[C@H](C)O1. The summed E-state index contributed by atoms with van der Waals surface area (Å²) in [6, 6.07) is 14.7. The van der Waals surface area contributed by atoms with Gasteiger partial charge in [-0.25, -0.2) is 4.79 Å². The van der Waals surface area contributed by atoms with E-state index in [0.717, 1.165) is 29.6 Å². The van der Waals surface area contributed by atoms with Crippen LogP contribution >= 0.6 is 0 Å². The highest BCUT2D eigenvalue weighted by atomic mass is 16.5. The summed E-state index contributed by atoms with van der Waals surface area (Å²) in [5, 5.41) is 11.3. The van der Waals surface area contributed by atoms with E-state index in [0.29, 0.717) is 17.7 Å². The van der Waals surface area contributed by atoms with Crippen molar-refractivity contribution in [3.05, 3.63) is 64.5 Å². The number of rotatable bonds is 3. The van der Waals surface area contributed by atoms with Gasteiger partial charge in [0.05, 0.1) is 17.8 Å². The molecule has 1 aromatic heterocycles. The molecule has 1 aliphatic heterocycles. The molecule has 4 rings (SSSR count). The van der Waals surface area contributed by atoms with Crippen LogP contribution in [0, 0.1) is 0 Å². The Balaban J connectivity index is 1.83. The van der Waals surface area contributed by atoms with Gasteiger partial charge in [-0.15, -0.1) is 0 Å². The van der Waals surface area contributed by atoms with E-state index >= 15 is 0 Å². The maximum atomic E-state index is 12.3. The van der Waals surface area contributed by atoms with Gasteiger partial charge in [-0.1, -0.05) is 30.3 Å². The van der Waals surface area contributed by atoms with E-state index in [2.05, 4.69) is 4.90 Å². The van der Waals surface area contributed by atoms with Crippen LogP contribution in [-0.4, -0.2) is 35.3 Å². The predicted molar refractivity (Wildman–Crippen MR) is 105 cm³/mol. The second-order valence-corrected chi connectivity index (χ2v) is 7.24. The van der Waals surface area contributed by atoms with Gasteiger partial charge in [-0.2, -0.15) is 0 Å². The van der Waals surface area contributed by atoms with E-state index < -0.39 is 5.63 Å². The van der Waals surface area contributed by atoms with Crippen LogP contribution in [0.4, 0.5) is 0 Å². The monoisotopic (exact) mass is 365 g/mol. The lowest BCUT2D eigenvalue weighted by Gasteiger charge is -2.35. The minimum Gasteiger partial charge on any atom is -0.507 e. The Kier molecular flexibility index (Phi) is 4.72. The molecule has 1 N–H and O–H groups in total. The fourth-order valence-electron chi connectivity index (χ4n) is 3.92. The minimum absolute atomic E-state index is 0.123. The number of fused-ring (bicyclic) bond motifs is 1. The van der Waals surface area contributed by atoms with Gasteiger partial charge >= 0.3 is 5.63 Å². The van der Waals surface area contributed by atoms with E-state index in [1.54, 1.807) is 6.07 Å². The Morgan fingerprint density at radius 3 is 2.48 bits per heavy atom. The van der Waals surface area contributed by atoms with Crippen LogP contribution in [0.3, 0.4) is 0 Å². The Morgan fingerprint density at radius 1 is 1.07 bits per heavy atom. The molecule has 0 radical (unpaired) electrons. The van der Waals surface area contributed by atoms with Crippen LogP contribution in [-0.2, 0) is 11.3 Å². The number of ether oxygens (including phenoxy) is 1. The fraction of sp³-hybridized carbons (Fsp3) is 0.318. The summed E-state index contributed by atoms with van der Waals surface area (Å²) in [5.74, 6) is 0.141. The maximum Gasteiger partial charge on any atom is 0.336 e. The average Bonchev–Trinajstić information content (AvgIpc) is 2.63. The molecule has 0 bridgehead atoms. The average molecular weight is 365 g/mol. The maximum absolute atomic E-state index is 12.3. The number of nitrogens with zero attached hydrogens (tertiary/aromatic N) is 1. The predicted octanol–water partition coefficient (Wildman–Crippen LogP) is 3.77. The molecule has 0 aliphatic carbocycles. The molecule has 0 unspecified atom stereocenters. The Morgan fingerprint density at radius 2 is 1.78 bits per heavy atom. The number of morpholine rings is 1. The molecule has 1 fully saturated rings. The molecule has 1 aliphatic rings. The van der Waals surface area contributed by atoms with E-state index in [-0.39, 0.29) is 18.0 Å². The van der Waals surface area contributed by atoms with Gasteiger partial charge in [0, 0.05) is 31.1 Å². The lowest BCUT2D eigenvalue weighted by Crippen LogP contribution is -2.44. The van der Waals surface area contributed by atoms with E-state index in [1.165, 1.54) is 6.07 Å². The smallest absolute Gasteiger partial charge is 0.336 e. The van der Waals surface area contributed by atoms with E-state index in [1.807, 2.05) is 50.2 Å². The van der Waals surface area contributed by atoms with Crippen LogP contribution in [0.2, 0.25) is 0 Å². The molecule has 5 heteroatoms. The van der Waals surface area contributed by atoms with Crippen LogP contribution < -0.4 is 5.63 Å². The highest BCUT2D eigenvalue weighted by Gasteiger charge is 2.24. The molecule has 0 spiro atoms. The van der Waals surface area contributed by atoms with Gasteiger partial charge < -0.3 is 14.3 Å². The largest absolute Gasteiger partial charge is 0.507 e. The summed E-state index contributed by atoms with van der Waals surface area (Å²) in [7, 11) is 0. The zero-order valence-electron chi connectivity index (χ0n) is 15.5. The zero-order chi connectivity index (χ0) is 19.0. The first kappa shape index (κ1) is 17.8. The zero-order valence-corrected chi connectivity index (χ0v) is 15.5. The van der Waals surface area contributed by atoms with Gasteiger partial charge in [0.15, 0.2) is 0 Å². The quantitative estimate of drug-likeness (QED) is 0.716. The topological polar surface area (TPSA) is 62.9 Å². The highest BCUT2D eigenvalue weighted by Crippen LogP contribution is 2.34. The van der Waals surface area contributed by atoms with Crippen LogP contribution in [0.5, 0.6) is 5.75 Å². The van der Waals surface area contributed by atoms with E-state index in [9.17, 15) is 9.90 Å². The third kappa shape index (κ3) is 3.61. The molecule has 1 saturated heterocycles. The Bertz CT molecular complexity index is 1000. The normalized spacial score (nSPS) is 20.8. The molecule has 2 heterocycles. The molecule has 0 amide bonds. The molecule has 0 saturated carbocycles. The standard InChI is InChI=1S/C22H23NO4/c1-14-11-23(12-15(2)26-14)13-19-20(24)9-8-17-18(10-21(25)27-22(17)19)16-6-4-3-5-7-16/h3-10,14-15,24H,11-13H2,1-2H3/t14-,15-/m0/s1. The first-order valence-electron chi connectivity index (χ1n) is 9.23. The number of benzene rings is 2. The summed E-state index contributed by atoms with van der Waals surface area (Å²) >= 11 is 0. The van der Waals surface area contributed by atoms with Gasteiger partial charge in [-0.3, -0.25) is 4.90 Å². The molecule has 27 heavy (non-hydrogen) atoms. The molecule has 140 valence electrons. The van der Waals surface area contributed by atoms with Crippen molar-refractivity contribution in [1.82, 2.24) is 4.90 Å². The van der Waals surface area contributed by atoms with Crippen LogP contribution in [0.15, 0.2) is 57.7 Å². The van der Waals surface area contributed by atoms with Crippen molar-refractivity contribution in [1.29, 1.82) is 0 Å². The van der Waals surface area contributed by atoms with Crippen molar-refractivity contribution >= 4 is 11.0 Å². The van der Waals surface area contributed by atoms with Crippen molar-refractivity contribution in [3.8, 4) is 16.9 Å². The highest BCUT2D eigenvalue weighted by molar-refractivity contribution is 5.95. The third-order valence-corrected chi connectivity index (χ3v) is 4.95. The van der Waals surface area contributed by atoms with Gasteiger partial charge in [-0.05, 0) is 37.1 Å². The van der Waals surface area contributed by atoms with Crippen molar-refractivity contribution < 1.29 is 14.3 Å². The number of hydrogen-bond acceptors (Lipinski definition) is 5. The second-order valence-electron chi connectivity index (χ2n) is 7.24. The van der Waals surface area contributed by atoms with Gasteiger partial charge in [0.25, 0.3) is 0 Å². The van der Waals surface area contributed by atoms with Crippen LogP contribution in [0.25, 0.3) is 22.1 Å². The first-order valence-corrected chi connectivity index (χ1v) is 9.23. The molecular weight excluding hydrogens is 342 g/mol. The van der Waals surface area contributed by atoms with Crippen molar-refractivity contribution in [2.75, 3.05) is 13.1 Å². The number of aromatic hydroxyl groups is 1. The summed E-state index contributed by atoms with van der Waals surface area (Å²) in [4.78, 5) is 14.5. The number of hydrogen-bond donors (Lipinski definition) is 1. The molecule has 2 aromatic carbocycles. The van der Waals surface area contributed by atoms with Crippen molar-refractivity contribution in [2.45, 2.75) is 32.6 Å². The summed E-state index contributed by atoms with van der Waals surface area (Å²) in [5.41, 5.74) is 2.43. The summed E-state index contributed by atoms with van der Waals surface area (Å²) in [6.07, 6.45) is 0.246. The van der Waals surface area contributed by atoms with Crippen molar-refractivity contribution in [3.63, 3.8) is 0 Å². The first-order chi connectivity index (χ1) is 13.0. The second kappa shape index (κ2) is 7.18. The van der Waals surface area contributed by atoms with Gasteiger partial charge in [0.1, 0.15) is 11.3 Å². The molecular formula is C22H23NO4. The summed E-state index contributed by atoms with van der Waals surface area (Å²) < 4.78 is 11.3. The number of phenolic OH excluding ortho intramolecular Hbond substituents is 1. The van der Waals surface area contributed by atoms with Gasteiger partial charge in [0.2, 0.25) is 0 Å². The summed E-state index contributed by atoms with van der Waals surface area (Å²) in [6.45, 7) is 6.12. The lowest BCUT2D eigenvalue weighted by atomic mass is 9.99. The van der Waals surface area contributed by atoms with Crippen LogP contribution in [0.1, 0.15) is 19.4 Å². The molecule has 5 nitrogen and oxygen atoms in total. The lowest BCUT2D eigenvalue weighted by molar-refractivity contribution is -0.0705. The minimum atomic E-state index is -0.420. The number of phenols is 1.